The summed E-state index contributed by atoms with van der Waals surface area (Å²) < 4.78 is 18.7. The van der Waals surface area contributed by atoms with Crippen molar-refractivity contribution in [1.82, 2.24) is 5.32 Å². The van der Waals surface area contributed by atoms with Crippen LogP contribution in [-0.2, 0) is 9.53 Å². The summed E-state index contributed by atoms with van der Waals surface area (Å²) in [5.41, 5.74) is -0.121. The summed E-state index contributed by atoms with van der Waals surface area (Å²) in [6.45, 7) is 3.53. The van der Waals surface area contributed by atoms with Gasteiger partial charge >= 0.3 is 5.97 Å². The number of nitrogens with one attached hydrogen (secondary N) is 1. The number of rotatable bonds is 4. The Morgan fingerprint density at radius 1 is 1.37 bits per heavy atom. The molecular formula is C13H15BrFNO3. The van der Waals surface area contributed by atoms with Gasteiger partial charge in [-0.2, -0.15) is 0 Å². The monoisotopic (exact) mass is 331 g/mol. The average Bonchev–Trinajstić information content (AvgIpc) is 2.37. The standard InChI is InChI=1S/C13H15BrFNO3/c1-7(2)11(13(18)19-3)16-12(17)9-6-8(14)4-5-10(9)15/h4-7,11H,1-3H3,(H,16,17)/t11-/m0/s1. The van der Waals surface area contributed by atoms with Crippen molar-refractivity contribution in [3.8, 4) is 0 Å². The number of halogens is 2. The van der Waals surface area contributed by atoms with Crippen LogP contribution in [0.3, 0.4) is 0 Å². The number of hydrogen-bond donors (Lipinski definition) is 1. The van der Waals surface area contributed by atoms with Gasteiger partial charge in [0.15, 0.2) is 0 Å². The Bertz CT molecular complexity index is 491. The molecule has 6 heteroatoms. The van der Waals surface area contributed by atoms with Crippen molar-refractivity contribution in [3.05, 3.63) is 34.1 Å². The second-order valence-corrected chi connectivity index (χ2v) is 5.26. The first kappa shape index (κ1) is 15.6. The van der Waals surface area contributed by atoms with Crippen LogP contribution in [0.5, 0.6) is 0 Å². The van der Waals surface area contributed by atoms with Gasteiger partial charge in [0.25, 0.3) is 5.91 Å². The number of benzene rings is 1. The highest BCUT2D eigenvalue weighted by atomic mass is 79.9. The van der Waals surface area contributed by atoms with Gasteiger partial charge < -0.3 is 10.1 Å². The minimum Gasteiger partial charge on any atom is -0.467 e. The first-order chi connectivity index (χ1) is 8.86. The van der Waals surface area contributed by atoms with Crippen LogP contribution in [0.4, 0.5) is 4.39 Å². The van der Waals surface area contributed by atoms with E-state index in [9.17, 15) is 14.0 Å². The molecule has 0 aliphatic rings. The highest BCUT2D eigenvalue weighted by Crippen LogP contribution is 2.16. The third kappa shape index (κ3) is 4.02. The summed E-state index contributed by atoms with van der Waals surface area (Å²) in [7, 11) is 1.24. The van der Waals surface area contributed by atoms with Crippen LogP contribution in [0.15, 0.2) is 22.7 Å². The summed E-state index contributed by atoms with van der Waals surface area (Å²) in [6.07, 6.45) is 0. The lowest BCUT2D eigenvalue weighted by Crippen LogP contribution is -2.45. The maximum Gasteiger partial charge on any atom is 0.328 e. The van der Waals surface area contributed by atoms with Gasteiger partial charge in [0, 0.05) is 4.47 Å². The van der Waals surface area contributed by atoms with Crippen molar-refractivity contribution >= 4 is 27.8 Å². The molecule has 4 nitrogen and oxygen atoms in total. The molecule has 0 heterocycles. The highest BCUT2D eigenvalue weighted by molar-refractivity contribution is 9.10. The van der Waals surface area contributed by atoms with Gasteiger partial charge in [0.2, 0.25) is 0 Å². The molecule has 1 atom stereocenters. The number of hydrogen-bond acceptors (Lipinski definition) is 3. The topological polar surface area (TPSA) is 55.4 Å². The highest BCUT2D eigenvalue weighted by Gasteiger charge is 2.26. The molecule has 1 N–H and O–H groups in total. The van der Waals surface area contributed by atoms with E-state index < -0.39 is 23.7 Å². The normalized spacial score (nSPS) is 12.1. The number of ether oxygens (including phenoxy) is 1. The molecule has 1 amide bonds. The van der Waals surface area contributed by atoms with E-state index in [0.717, 1.165) is 0 Å². The van der Waals surface area contributed by atoms with E-state index in [-0.39, 0.29) is 11.5 Å². The number of carbonyl (C=O) groups excluding carboxylic acids is 2. The van der Waals surface area contributed by atoms with Crippen LogP contribution in [0.2, 0.25) is 0 Å². The lowest BCUT2D eigenvalue weighted by atomic mass is 10.0. The second-order valence-electron chi connectivity index (χ2n) is 4.34. The van der Waals surface area contributed by atoms with E-state index in [2.05, 4.69) is 26.0 Å². The van der Waals surface area contributed by atoms with Gasteiger partial charge in [-0.05, 0) is 24.1 Å². The maximum atomic E-state index is 13.6. The van der Waals surface area contributed by atoms with Crippen molar-refractivity contribution in [2.75, 3.05) is 7.11 Å². The van der Waals surface area contributed by atoms with Crippen LogP contribution in [0.1, 0.15) is 24.2 Å². The van der Waals surface area contributed by atoms with Crippen LogP contribution >= 0.6 is 15.9 Å². The van der Waals surface area contributed by atoms with Crippen molar-refractivity contribution in [3.63, 3.8) is 0 Å². The van der Waals surface area contributed by atoms with Gasteiger partial charge in [-0.25, -0.2) is 9.18 Å². The minimum atomic E-state index is -0.809. The van der Waals surface area contributed by atoms with Crippen molar-refractivity contribution in [1.29, 1.82) is 0 Å². The molecule has 0 radical (unpaired) electrons. The second kappa shape index (κ2) is 6.65. The molecule has 1 aromatic carbocycles. The van der Waals surface area contributed by atoms with E-state index >= 15 is 0 Å². The molecule has 1 aromatic rings. The number of esters is 1. The Hall–Kier alpha value is -1.43. The van der Waals surface area contributed by atoms with Gasteiger partial charge in [-0.3, -0.25) is 4.79 Å². The van der Waals surface area contributed by atoms with E-state index in [4.69, 9.17) is 0 Å². The fourth-order valence-corrected chi connectivity index (χ4v) is 1.88. The summed E-state index contributed by atoms with van der Waals surface area (Å²) in [5, 5.41) is 2.48. The Morgan fingerprint density at radius 2 is 2.00 bits per heavy atom. The quantitative estimate of drug-likeness (QED) is 0.862. The zero-order valence-electron chi connectivity index (χ0n) is 10.9. The molecule has 0 aliphatic carbocycles. The summed E-state index contributed by atoms with van der Waals surface area (Å²) in [5.74, 6) is -2.01. The third-order valence-electron chi connectivity index (χ3n) is 2.58. The van der Waals surface area contributed by atoms with Crippen LogP contribution in [-0.4, -0.2) is 25.0 Å². The van der Waals surface area contributed by atoms with Crippen LogP contribution in [0, 0.1) is 11.7 Å². The summed E-state index contributed by atoms with van der Waals surface area (Å²) in [6, 6.07) is 3.23. The molecule has 0 spiro atoms. The zero-order chi connectivity index (χ0) is 14.6. The largest absolute Gasteiger partial charge is 0.467 e. The van der Waals surface area contributed by atoms with Crippen LogP contribution in [0.25, 0.3) is 0 Å². The molecule has 0 aliphatic heterocycles. The predicted octanol–water partition coefficient (Wildman–Crippen LogP) is 2.52. The molecule has 0 aromatic heterocycles. The van der Waals surface area contributed by atoms with Gasteiger partial charge in [-0.15, -0.1) is 0 Å². The third-order valence-corrected chi connectivity index (χ3v) is 3.07. The number of methoxy groups -OCH3 is 1. The molecule has 19 heavy (non-hydrogen) atoms. The average molecular weight is 332 g/mol. The first-order valence-electron chi connectivity index (χ1n) is 5.70. The van der Waals surface area contributed by atoms with Gasteiger partial charge in [0.1, 0.15) is 11.9 Å². The fraction of sp³-hybridized carbons (Fsp3) is 0.385. The molecule has 104 valence electrons. The van der Waals surface area contributed by atoms with Gasteiger partial charge in [0.05, 0.1) is 12.7 Å². The van der Waals surface area contributed by atoms with Crippen molar-refractivity contribution in [2.24, 2.45) is 5.92 Å². The molecule has 1 rings (SSSR count). The summed E-state index contributed by atoms with van der Waals surface area (Å²) in [4.78, 5) is 23.5. The molecule has 0 saturated carbocycles. The Kier molecular flexibility index (Phi) is 5.47. The molecule has 0 unspecified atom stereocenters. The minimum absolute atomic E-state index is 0.121. The maximum absolute atomic E-state index is 13.6. The number of carbonyl (C=O) groups is 2. The predicted molar refractivity (Wildman–Crippen MR) is 72.2 cm³/mol. The smallest absolute Gasteiger partial charge is 0.328 e. The molecule has 0 fully saturated rings. The van der Waals surface area contributed by atoms with E-state index in [0.29, 0.717) is 4.47 Å². The van der Waals surface area contributed by atoms with E-state index in [1.807, 2.05) is 0 Å². The van der Waals surface area contributed by atoms with Gasteiger partial charge in [-0.1, -0.05) is 29.8 Å². The molecule has 0 bridgehead atoms. The first-order valence-corrected chi connectivity index (χ1v) is 6.50. The lowest BCUT2D eigenvalue weighted by molar-refractivity contribution is -0.144. The fourth-order valence-electron chi connectivity index (χ4n) is 1.52. The SMILES string of the molecule is COC(=O)[C@@H](NC(=O)c1cc(Br)ccc1F)C(C)C. The molecular weight excluding hydrogens is 317 g/mol. The van der Waals surface area contributed by atoms with E-state index in [1.54, 1.807) is 13.8 Å². The number of amides is 1. The zero-order valence-corrected chi connectivity index (χ0v) is 12.5. The summed E-state index contributed by atoms with van der Waals surface area (Å²) >= 11 is 3.16. The van der Waals surface area contributed by atoms with Crippen LogP contribution < -0.4 is 5.32 Å². The van der Waals surface area contributed by atoms with Crippen molar-refractivity contribution in [2.45, 2.75) is 19.9 Å². The van der Waals surface area contributed by atoms with Crippen molar-refractivity contribution < 1.29 is 18.7 Å². The Balaban J connectivity index is 2.94. The molecule has 0 saturated heterocycles. The lowest BCUT2D eigenvalue weighted by Gasteiger charge is -2.19. The Morgan fingerprint density at radius 3 is 2.53 bits per heavy atom. The Labute approximate surface area is 119 Å². The van der Waals surface area contributed by atoms with E-state index in [1.165, 1.54) is 25.3 Å².